The van der Waals surface area contributed by atoms with Crippen molar-refractivity contribution in [3.63, 3.8) is 0 Å². The van der Waals surface area contributed by atoms with E-state index in [0.29, 0.717) is 6.54 Å². The van der Waals surface area contributed by atoms with Gasteiger partial charge in [0.15, 0.2) is 11.6 Å². The molecule has 0 amide bonds. The van der Waals surface area contributed by atoms with Crippen molar-refractivity contribution in [3.05, 3.63) is 28.0 Å². The average Bonchev–Trinajstić information content (AvgIpc) is 2.45. The Morgan fingerprint density at radius 3 is 2.84 bits per heavy atom. The van der Waals surface area contributed by atoms with Gasteiger partial charge in [0, 0.05) is 5.92 Å². The summed E-state index contributed by atoms with van der Waals surface area (Å²) >= 11 is 3.09. The van der Waals surface area contributed by atoms with Crippen LogP contribution >= 0.6 is 15.9 Å². The summed E-state index contributed by atoms with van der Waals surface area (Å²) in [6, 6.07) is 5.00. The Morgan fingerprint density at radius 2 is 2.16 bits per heavy atom. The number of rotatable bonds is 3. The van der Waals surface area contributed by atoms with Gasteiger partial charge in [-0.1, -0.05) is 6.42 Å². The van der Waals surface area contributed by atoms with Crippen LogP contribution in [0.5, 0.6) is 5.75 Å². The molecule has 2 atom stereocenters. The van der Waals surface area contributed by atoms with Crippen molar-refractivity contribution in [2.45, 2.75) is 31.8 Å². The van der Waals surface area contributed by atoms with E-state index in [4.69, 9.17) is 15.7 Å². The molecule has 0 aliphatic heterocycles. The van der Waals surface area contributed by atoms with Gasteiger partial charge in [-0.3, -0.25) is 0 Å². The minimum atomic E-state index is -0.514. The van der Waals surface area contributed by atoms with Crippen LogP contribution in [0.1, 0.15) is 31.2 Å². The number of hydrogen-bond acceptors (Lipinski definition) is 3. The first-order valence-electron chi connectivity index (χ1n) is 6.42. The summed E-state index contributed by atoms with van der Waals surface area (Å²) in [6.07, 6.45) is 4.13. The Labute approximate surface area is 120 Å². The van der Waals surface area contributed by atoms with E-state index in [1.165, 1.54) is 6.07 Å². The van der Waals surface area contributed by atoms with E-state index in [2.05, 4.69) is 15.9 Å². The molecule has 0 bridgehead atoms. The topological polar surface area (TPSA) is 59.0 Å². The largest absolute Gasteiger partial charge is 0.487 e. The third-order valence-corrected chi connectivity index (χ3v) is 4.36. The van der Waals surface area contributed by atoms with Gasteiger partial charge in [-0.2, -0.15) is 5.26 Å². The zero-order valence-electron chi connectivity index (χ0n) is 10.5. The second-order valence-electron chi connectivity index (χ2n) is 4.79. The molecule has 2 rings (SSSR count). The first kappa shape index (κ1) is 14.3. The van der Waals surface area contributed by atoms with Crippen LogP contribution in [-0.2, 0) is 0 Å². The van der Waals surface area contributed by atoms with Crippen molar-refractivity contribution < 1.29 is 9.13 Å². The molecule has 19 heavy (non-hydrogen) atoms. The second kappa shape index (κ2) is 6.36. The molecule has 3 nitrogen and oxygen atoms in total. The highest BCUT2D eigenvalue weighted by Crippen LogP contribution is 2.32. The van der Waals surface area contributed by atoms with E-state index in [0.717, 1.165) is 25.7 Å². The highest BCUT2D eigenvalue weighted by molar-refractivity contribution is 9.10. The number of halogens is 2. The van der Waals surface area contributed by atoms with E-state index in [1.54, 1.807) is 6.07 Å². The van der Waals surface area contributed by atoms with Crippen LogP contribution in [0, 0.1) is 23.1 Å². The Hall–Kier alpha value is -1.12. The van der Waals surface area contributed by atoms with Gasteiger partial charge in [-0.15, -0.1) is 0 Å². The third-order valence-electron chi connectivity index (χ3n) is 3.59. The molecule has 1 aliphatic rings. The van der Waals surface area contributed by atoms with Crippen LogP contribution in [0.15, 0.2) is 16.6 Å². The average molecular weight is 327 g/mol. The molecule has 102 valence electrons. The highest BCUT2D eigenvalue weighted by atomic mass is 79.9. The van der Waals surface area contributed by atoms with Gasteiger partial charge >= 0.3 is 0 Å². The summed E-state index contributed by atoms with van der Waals surface area (Å²) in [5.74, 6) is -0.0424. The number of benzene rings is 1. The summed E-state index contributed by atoms with van der Waals surface area (Å²) in [5.41, 5.74) is 6.00. The lowest BCUT2D eigenvalue weighted by Crippen LogP contribution is -2.35. The molecular weight excluding hydrogens is 311 g/mol. The molecule has 0 radical (unpaired) electrons. The van der Waals surface area contributed by atoms with E-state index in [-0.39, 0.29) is 27.8 Å². The third kappa shape index (κ3) is 3.07. The molecule has 1 aromatic carbocycles. The van der Waals surface area contributed by atoms with Crippen molar-refractivity contribution in [1.29, 1.82) is 5.26 Å². The van der Waals surface area contributed by atoms with Crippen LogP contribution in [0.2, 0.25) is 0 Å². The number of hydrogen-bond donors (Lipinski definition) is 1. The molecule has 0 heterocycles. The lowest BCUT2D eigenvalue weighted by molar-refractivity contribution is 0.0925. The molecule has 0 spiro atoms. The molecule has 1 aromatic rings. The van der Waals surface area contributed by atoms with Crippen LogP contribution in [0.3, 0.4) is 0 Å². The zero-order valence-corrected chi connectivity index (χ0v) is 12.1. The van der Waals surface area contributed by atoms with Crippen LogP contribution in [0.4, 0.5) is 4.39 Å². The quantitative estimate of drug-likeness (QED) is 0.926. The van der Waals surface area contributed by atoms with E-state index in [9.17, 15) is 4.39 Å². The molecule has 5 heteroatoms. The minimum Gasteiger partial charge on any atom is -0.487 e. The fraction of sp³-hybridized carbons (Fsp3) is 0.500. The highest BCUT2D eigenvalue weighted by Gasteiger charge is 2.27. The summed E-state index contributed by atoms with van der Waals surface area (Å²) in [6.45, 7) is 0.559. The molecule has 2 N–H and O–H groups in total. The molecular formula is C14H16BrFN2O. The van der Waals surface area contributed by atoms with Crippen LogP contribution in [0.25, 0.3) is 0 Å². The molecule has 1 saturated carbocycles. The fourth-order valence-corrected chi connectivity index (χ4v) is 2.89. The zero-order chi connectivity index (χ0) is 13.8. The maximum atomic E-state index is 14.1. The first-order chi connectivity index (χ1) is 9.17. The Morgan fingerprint density at radius 1 is 1.42 bits per heavy atom. The van der Waals surface area contributed by atoms with Gasteiger partial charge in [-0.25, -0.2) is 4.39 Å². The predicted molar refractivity (Wildman–Crippen MR) is 74.2 cm³/mol. The lowest BCUT2D eigenvalue weighted by atomic mass is 9.86. The first-order valence-corrected chi connectivity index (χ1v) is 7.21. The van der Waals surface area contributed by atoms with Gasteiger partial charge in [0.2, 0.25) is 0 Å². The molecule has 2 unspecified atom stereocenters. The summed E-state index contributed by atoms with van der Waals surface area (Å²) in [4.78, 5) is 0. The van der Waals surface area contributed by atoms with Gasteiger partial charge in [0.05, 0.1) is 10.0 Å². The number of nitrogens with two attached hydrogens (primary N) is 1. The second-order valence-corrected chi connectivity index (χ2v) is 5.58. The normalized spacial score (nSPS) is 22.8. The predicted octanol–water partition coefficient (Wildman–Crippen LogP) is 3.36. The number of ether oxygens (including phenoxy) is 1. The van der Waals surface area contributed by atoms with E-state index in [1.807, 2.05) is 6.07 Å². The van der Waals surface area contributed by atoms with Crippen molar-refractivity contribution in [2.75, 3.05) is 6.54 Å². The van der Waals surface area contributed by atoms with Crippen molar-refractivity contribution in [3.8, 4) is 11.8 Å². The fourth-order valence-electron chi connectivity index (χ4n) is 2.47. The van der Waals surface area contributed by atoms with Gasteiger partial charge in [0.1, 0.15) is 12.2 Å². The van der Waals surface area contributed by atoms with Gasteiger partial charge < -0.3 is 10.5 Å². The van der Waals surface area contributed by atoms with Gasteiger partial charge in [-0.05, 0) is 53.9 Å². The maximum Gasteiger partial charge on any atom is 0.180 e. The van der Waals surface area contributed by atoms with E-state index >= 15 is 0 Å². The molecule has 1 fully saturated rings. The molecule has 1 aliphatic carbocycles. The Bertz CT molecular complexity index is 501. The monoisotopic (exact) mass is 326 g/mol. The smallest absolute Gasteiger partial charge is 0.180 e. The molecule has 0 aromatic heterocycles. The maximum absolute atomic E-state index is 14.1. The lowest BCUT2D eigenvalue weighted by Gasteiger charge is -2.31. The number of nitriles is 1. The number of nitrogens with zero attached hydrogens (tertiary/aromatic N) is 1. The van der Waals surface area contributed by atoms with Crippen molar-refractivity contribution >= 4 is 15.9 Å². The standard InChI is InChI=1S/C14H16BrFN2O/c15-13-10(8-18)5-6-12(14(13)16)19-11-4-2-1-3-9(11)7-17/h5-6,9,11H,1-4,7,17H2. The van der Waals surface area contributed by atoms with Gasteiger partial charge in [0.25, 0.3) is 0 Å². The van der Waals surface area contributed by atoms with Crippen molar-refractivity contribution in [2.24, 2.45) is 11.7 Å². The summed E-state index contributed by atoms with van der Waals surface area (Å²) < 4.78 is 20.0. The minimum absolute atomic E-state index is 0.0342. The summed E-state index contributed by atoms with van der Waals surface area (Å²) in [7, 11) is 0. The Kier molecular flexibility index (Phi) is 4.78. The SMILES string of the molecule is N#Cc1ccc(OC2CCCCC2CN)c(F)c1Br. The van der Waals surface area contributed by atoms with Crippen LogP contribution < -0.4 is 10.5 Å². The Balaban J connectivity index is 2.19. The van der Waals surface area contributed by atoms with Crippen LogP contribution in [-0.4, -0.2) is 12.6 Å². The van der Waals surface area contributed by atoms with Crippen molar-refractivity contribution in [1.82, 2.24) is 0 Å². The summed E-state index contributed by atoms with van der Waals surface area (Å²) in [5, 5.41) is 8.83. The van der Waals surface area contributed by atoms with E-state index < -0.39 is 5.82 Å². The molecule has 0 saturated heterocycles.